The third kappa shape index (κ3) is 3.45. The van der Waals surface area contributed by atoms with Gasteiger partial charge in [0.2, 0.25) is 5.91 Å². The molecule has 6 heteroatoms. The van der Waals surface area contributed by atoms with Crippen molar-refractivity contribution in [2.75, 3.05) is 31.1 Å². The summed E-state index contributed by atoms with van der Waals surface area (Å²) in [6, 6.07) is 0. The normalized spacial score (nSPS) is 21.8. The molecule has 1 saturated heterocycles. The van der Waals surface area contributed by atoms with Crippen molar-refractivity contribution in [1.82, 2.24) is 4.90 Å². The highest BCUT2D eigenvalue weighted by Crippen LogP contribution is 2.12. The Labute approximate surface area is 96.9 Å². The van der Waals surface area contributed by atoms with E-state index in [1.54, 1.807) is 4.90 Å². The Morgan fingerprint density at radius 3 is 2.38 bits per heavy atom. The van der Waals surface area contributed by atoms with E-state index in [2.05, 4.69) is 0 Å². The minimum atomic E-state index is -2.92. The number of carbonyl (C=O) groups is 1. The smallest absolute Gasteiger partial charge is 0.227 e. The van der Waals surface area contributed by atoms with Gasteiger partial charge in [-0.2, -0.15) is 0 Å². The lowest BCUT2D eigenvalue weighted by atomic mass is 10.0. The number of carbonyl (C=O) groups excluding carboxylic acids is 1. The minimum Gasteiger partial charge on any atom is -0.340 e. The maximum atomic E-state index is 12.0. The second-order valence-corrected chi connectivity index (χ2v) is 6.50. The highest BCUT2D eigenvalue weighted by molar-refractivity contribution is 7.91. The van der Waals surface area contributed by atoms with Crippen molar-refractivity contribution in [3.8, 4) is 0 Å². The Kier molecular flexibility index (Phi) is 4.73. The minimum absolute atomic E-state index is 0.0132. The second kappa shape index (κ2) is 5.63. The van der Waals surface area contributed by atoms with Crippen LogP contribution >= 0.6 is 0 Å². The molecule has 16 heavy (non-hydrogen) atoms. The topological polar surface area (TPSA) is 80.5 Å². The van der Waals surface area contributed by atoms with E-state index in [-0.39, 0.29) is 23.3 Å². The Morgan fingerprint density at radius 2 is 1.94 bits per heavy atom. The molecule has 0 aromatic carbocycles. The fraction of sp³-hybridized carbons (Fsp3) is 0.900. The van der Waals surface area contributed by atoms with Gasteiger partial charge in [0.15, 0.2) is 9.84 Å². The zero-order valence-corrected chi connectivity index (χ0v) is 10.5. The standard InChI is InChI=1S/C10H20N2O3S/c1-2-3-9(8-11)10(13)12-4-6-16(14,15)7-5-12/h9H,2-8,11H2,1H3. The number of amides is 1. The van der Waals surface area contributed by atoms with Crippen LogP contribution in [0.4, 0.5) is 0 Å². The summed E-state index contributed by atoms with van der Waals surface area (Å²) in [6.07, 6.45) is 1.69. The fourth-order valence-electron chi connectivity index (χ4n) is 1.88. The maximum absolute atomic E-state index is 12.0. The molecular formula is C10H20N2O3S. The van der Waals surface area contributed by atoms with Crippen molar-refractivity contribution in [2.45, 2.75) is 19.8 Å². The molecule has 1 aliphatic rings. The van der Waals surface area contributed by atoms with Crippen LogP contribution in [0.1, 0.15) is 19.8 Å². The molecule has 1 atom stereocenters. The first-order valence-corrected chi connectivity index (χ1v) is 7.51. The maximum Gasteiger partial charge on any atom is 0.227 e. The summed E-state index contributed by atoms with van der Waals surface area (Å²) in [5.41, 5.74) is 5.55. The lowest BCUT2D eigenvalue weighted by molar-refractivity contribution is -0.135. The average molecular weight is 248 g/mol. The molecular weight excluding hydrogens is 228 g/mol. The molecule has 0 spiro atoms. The van der Waals surface area contributed by atoms with Crippen molar-refractivity contribution in [3.05, 3.63) is 0 Å². The van der Waals surface area contributed by atoms with Crippen molar-refractivity contribution in [1.29, 1.82) is 0 Å². The predicted molar refractivity (Wildman–Crippen MR) is 62.7 cm³/mol. The number of hydrogen-bond acceptors (Lipinski definition) is 4. The molecule has 1 unspecified atom stereocenters. The van der Waals surface area contributed by atoms with Gasteiger partial charge in [0, 0.05) is 19.6 Å². The second-order valence-electron chi connectivity index (χ2n) is 4.20. The number of sulfone groups is 1. The monoisotopic (exact) mass is 248 g/mol. The molecule has 0 radical (unpaired) electrons. The molecule has 1 fully saturated rings. The summed E-state index contributed by atoms with van der Waals surface area (Å²) in [7, 11) is -2.92. The third-order valence-electron chi connectivity index (χ3n) is 2.93. The molecule has 1 rings (SSSR count). The van der Waals surface area contributed by atoms with Crippen LogP contribution in [-0.2, 0) is 14.6 Å². The quantitative estimate of drug-likeness (QED) is 0.735. The number of hydrogen-bond donors (Lipinski definition) is 1. The number of nitrogens with zero attached hydrogens (tertiary/aromatic N) is 1. The van der Waals surface area contributed by atoms with Gasteiger partial charge in [-0.25, -0.2) is 8.42 Å². The zero-order valence-electron chi connectivity index (χ0n) is 9.68. The zero-order chi connectivity index (χ0) is 12.2. The van der Waals surface area contributed by atoms with E-state index in [0.717, 1.165) is 12.8 Å². The van der Waals surface area contributed by atoms with Crippen LogP contribution in [0.5, 0.6) is 0 Å². The molecule has 0 aliphatic carbocycles. The van der Waals surface area contributed by atoms with Crippen LogP contribution in [0.25, 0.3) is 0 Å². The summed E-state index contributed by atoms with van der Waals surface area (Å²) in [5.74, 6) is 0.0367. The summed E-state index contributed by atoms with van der Waals surface area (Å²) in [5, 5.41) is 0. The predicted octanol–water partition coefficient (Wildman–Crippen LogP) is -0.382. The van der Waals surface area contributed by atoms with E-state index in [1.807, 2.05) is 6.92 Å². The van der Waals surface area contributed by atoms with Crippen LogP contribution < -0.4 is 5.73 Å². The van der Waals surface area contributed by atoms with Gasteiger partial charge >= 0.3 is 0 Å². The van der Waals surface area contributed by atoms with Crippen molar-refractivity contribution < 1.29 is 13.2 Å². The summed E-state index contributed by atoms with van der Waals surface area (Å²) >= 11 is 0. The lowest BCUT2D eigenvalue weighted by Gasteiger charge is -2.29. The van der Waals surface area contributed by atoms with Crippen LogP contribution in [0.3, 0.4) is 0 Å². The molecule has 0 saturated carbocycles. The third-order valence-corrected chi connectivity index (χ3v) is 4.54. The van der Waals surface area contributed by atoms with E-state index < -0.39 is 9.84 Å². The summed E-state index contributed by atoms with van der Waals surface area (Å²) < 4.78 is 22.4. The van der Waals surface area contributed by atoms with E-state index in [4.69, 9.17) is 5.73 Å². The summed E-state index contributed by atoms with van der Waals surface area (Å²) in [4.78, 5) is 13.6. The van der Waals surface area contributed by atoms with E-state index in [1.165, 1.54) is 0 Å². The Bertz CT molecular complexity index is 326. The van der Waals surface area contributed by atoms with Crippen LogP contribution in [0.15, 0.2) is 0 Å². The molecule has 0 bridgehead atoms. The highest BCUT2D eigenvalue weighted by Gasteiger charge is 2.28. The largest absolute Gasteiger partial charge is 0.340 e. The molecule has 1 amide bonds. The average Bonchev–Trinajstić information content (AvgIpc) is 2.25. The fourth-order valence-corrected chi connectivity index (χ4v) is 3.08. The molecule has 5 nitrogen and oxygen atoms in total. The molecule has 1 aliphatic heterocycles. The lowest BCUT2D eigenvalue weighted by Crippen LogP contribution is -2.47. The van der Waals surface area contributed by atoms with E-state index in [9.17, 15) is 13.2 Å². The van der Waals surface area contributed by atoms with Gasteiger partial charge in [-0.3, -0.25) is 4.79 Å². The molecule has 0 aromatic heterocycles. The van der Waals surface area contributed by atoms with Crippen molar-refractivity contribution >= 4 is 15.7 Å². The first-order chi connectivity index (χ1) is 7.50. The molecule has 1 heterocycles. The SMILES string of the molecule is CCCC(CN)C(=O)N1CCS(=O)(=O)CC1. The highest BCUT2D eigenvalue weighted by atomic mass is 32.2. The van der Waals surface area contributed by atoms with Gasteiger partial charge in [-0.1, -0.05) is 13.3 Å². The molecule has 94 valence electrons. The number of rotatable bonds is 4. The van der Waals surface area contributed by atoms with Crippen molar-refractivity contribution in [3.63, 3.8) is 0 Å². The Morgan fingerprint density at radius 1 is 1.38 bits per heavy atom. The van der Waals surface area contributed by atoms with Gasteiger partial charge < -0.3 is 10.6 Å². The Balaban J connectivity index is 2.55. The molecule has 0 aromatic rings. The van der Waals surface area contributed by atoms with Crippen LogP contribution in [-0.4, -0.2) is 50.4 Å². The molecule has 2 N–H and O–H groups in total. The van der Waals surface area contributed by atoms with Crippen LogP contribution in [0, 0.1) is 5.92 Å². The van der Waals surface area contributed by atoms with Crippen molar-refractivity contribution in [2.24, 2.45) is 11.7 Å². The van der Waals surface area contributed by atoms with Gasteiger partial charge in [-0.05, 0) is 6.42 Å². The van der Waals surface area contributed by atoms with Crippen LogP contribution in [0.2, 0.25) is 0 Å². The van der Waals surface area contributed by atoms with E-state index in [0.29, 0.717) is 19.6 Å². The summed E-state index contributed by atoms with van der Waals surface area (Å²) in [6.45, 7) is 3.00. The first kappa shape index (κ1) is 13.4. The Hall–Kier alpha value is -0.620. The van der Waals surface area contributed by atoms with Gasteiger partial charge in [0.05, 0.1) is 17.4 Å². The van der Waals surface area contributed by atoms with Gasteiger partial charge in [0.25, 0.3) is 0 Å². The van der Waals surface area contributed by atoms with E-state index >= 15 is 0 Å². The first-order valence-electron chi connectivity index (χ1n) is 5.69. The van der Waals surface area contributed by atoms with Gasteiger partial charge in [0.1, 0.15) is 0 Å². The number of nitrogens with two attached hydrogens (primary N) is 1. The van der Waals surface area contributed by atoms with Gasteiger partial charge in [-0.15, -0.1) is 0 Å².